The second-order valence-corrected chi connectivity index (χ2v) is 4.60. The molecule has 0 aliphatic heterocycles. The van der Waals surface area contributed by atoms with Crippen LogP contribution in [0.1, 0.15) is 5.56 Å². The number of methoxy groups -OCH3 is 1. The maximum atomic E-state index is 11.7. The first-order chi connectivity index (χ1) is 8.60. The van der Waals surface area contributed by atoms with Crippen LogP contribution in [0, 0.1) is 0 Å². The van der Waals surface area contributed by atoms with Crippen LogP contribution in [0.15, 0.2) is 39.7 Å². The van der Waals surface area contributed by atoms with E-state index in [2.05, 4.69) is 21.0 Å². The summed E-state index contributed by atoms with van der Waals surface area (Å²) in [6.45, 7) is 0.358. The van der Waals surface area contributed by atoms with Gasteiger partial charge in [-0.1, -0.05) is 15.9 Å². The van der Waals surface area contributed by atoms with Gasteiger partial charge in [-0.25, -0.2) is 4.68 Å². The van der Waals surface area contributed by atoms with Gasteiger partial charge in [-0.15, -0.1) is 0 Å². The molecule has 0 spiro atoms. The van der Waals surface area contributed by atoms with Crippen LogP contribution < -0.4 is 16.0 Å². The molecule has 0 fully saturated rings. The Kier molecular flexibility index (Phi) is 3.66. The number of rotatable bonds is 3. The number of hydrogen-bond donors (Lipinski definition) is 1. The van der Waals surface area contributed by atoms with Crippen molar-refractivity contribution in [2.24, 2.45) is 0 Å². The van der Waals surface area contributed by atoms with Gasteiger partial charge < -0.3 is 10.5 Å². The monoisotopic (exact) mass is 309 g/mol. The molecule has 2 rings (SSSR count). The Bertz CT molecular complexity index is 625. The van der Waals surface area contributed by atoms with Gasteiger partial charge in [-0.2, -0.15) is 5.10 Å². The molecule has 5 nitrogen and oxygen atoms in total. The molecule has 0 radical (unpaired) electrons. The SMILES string of the molecule is COc1ccc(Br)c(Cn2ncc(N)cc2=O)c1. The number of nitrogens with two attached hydrogens (primary N) is 1. The molecular formula is C12H12BrN3O2. The molecule has 1 heterocycles. The van der Waals surface area contributed by atoms with Gasteiger partial charge in [0.25, 0.3) is 5.56 Å². The van der Waals surface area contributed by atoms with Gasteiger partial charge in [0, 0.05) is 10.5 Å². The molecule has 0 bridgehead atoms. The Morgan fingerprint density at radius 3 is 2.89 bits per heavy atom. The maximum absolute atomic E-state index is 11.7. The number of aromatic nitrogens is 2. The molecule has 6 heteroatoms. The van der Waals surface area contributed by atoms with Crippen molar-refractivity contribution in [2.45, 2.75) is 6.54 Å². The number of hydrogen-bond acceptors (Lipinski definition) is 4. The van der Waals surface area contributed by atoms with Crippen LogP contribution >= 0.6 is 15.9 Å². The van der Waals surface area contributed by atoms with E-state index in [1.54, 1.807) is 7.11 Å². The molecule has 0 aliphatic rings. The van der Waals surface area contributed by atoms with Crippen molar-refractivity contribution in [3.05, 3.63) is 50.9 Å². The Morgan fingerprint density at radius 1 is 1.44 bits per heavy atom. The van der Waals surface area contributed by atoms with E-state index in [9.17, 15) is 4.79 Å². The quantitative estimate of drug-likeness (QED) is 0.936. The fourth-order valence-electron chi connectivity index (χ4n) is 1.53. The van der Waals surface area contributed by atoms with Crippen molar-refractivity contribution in [1.29, 1.82) is 0 Å². The lowest BCUT2D eigenvalue weighted by atomic mass is 10.2. The Balaban J connectivity index is 2.36. The van der Waals surface area contributed by atoms with E-state index in [4.69, 9.17) is 10.5 Å². The van der Waals surface area contributed by atoms with Gasteiger partial charge in [0.15, 0.2) is 0 Å². The zero-order valence-corrected chi connectivity index (χ0v) is 11.3. The highest BCUT2D eigenvalue weighted by Crippen LogP contribution is 2.22. The van der Waals surface area contributed by atoms with E-state index in [1.165, 1.54) is 16.9 Å². The van der Waals surface area contributed by atoms with Crippen LogP contribution in [-0.4, -0.2) is 16.9 Å². The van der Waals surface area contributed by atoms with Crippen LogP contribution in [0.3, 0.4) is 0 Å². The van der Waals surface area contributed by atoms with Crippen LogP contribution in [-0.2, 0) is 6.54 Å². The van der Waals surface area contributed by atoms with Crippen molar-refractivity contribution in [2.75, 3.05) is 12.8 Å². The second kappa shape index (κ2) is 5.22. The summed E-state index contributed by atoms with van der Waals surface area (Å²) in [5.74, 6) is 0.733. The summed E-state index contributed by atoms with van der Waals surface area (Å²) in [4.78, 5) is 11.7. The van der Waals surface area contributed by atoms with E-state index in [1.807, 2.05) is 18.2 Å². The molecule has 94 valence electrons. The number of anilines is 1. The molecule has 18 heavy (non-hydrogen) atoms. The molecule has 0 saturated heterocycles. The van der Waals surface area contributed by atoms with Crippen molar-refractivity contribution in [1.82, 2.24) is 9.78 Å². The standard InChI is InChI=1S/C12H12BrN3O2/c1-18-10-2-3-11(13)8(4-10)7-16-12(17)5-9(14)6-15-16/h2-6H,7,14H2,1H3. The van der Waals surface area contributed by atoms with E-state index in [0.717, 1.165) is 15.8 Å². The van der Waals surface area contributed by atoms with Crippen LogP contribution in [0.2, 0.25) is 0 Å². The molecule has 1 aromatic heterocycles. The lowest BCUT2D eigenvalue weighted by molar-refractivity contribution is 0.414. The van der Waals surface area contributed by atoms with Crippen molar-refractivity contribution in [3.8, 4) is 5.75 Å². The minimum Gasteiger partial charge on any atom is -0.497 e. The highest BCUT2D eigenvalue weighted by molar-refractivity contribution is 9.10. The Hall–Kier alpha value is -1.82. The highest BCUT2D eigenvalue weighted by Gasteiger charge is 2.05. The van der Waals surface area contributed by atoms with Gasteiger partial charge >= 0.3 is 0 Å². The largest absolute Gasteiger partial charge is 0.497 e. The third kappa shape index (κ3) is 2.70. The summed E-state index contributed by atoms with van der Waals surface area (Å²) >= 11 is 3.43. The van der Waals surface area contributed by atoms with Gasteiger partial charge in [-0.05, 0) is 23.8 Å². The lowest BCUT2D eigenvalue weighted by Gasteiger charge is -2.08. The smallest absolute Gasteiger partial charge is 0.269 e. The normalized spacial score (nSPS) is 10.3. The molecule has 0 amide bonds. The second-order valence-electron chi connectivity index (χ2n) is 3.74. The first kappa shape index (κ1) is 12.6. The summed E-state index contributed by atoms with van der Waals surface area (Å²) in [7, 11) is 1.60. The molecule has 0 unspecified atom stereocenters. The van der Waals surface area contributed by atoms with Crippen LogP contribution in [0.25, 0.3) is 0 Å². The molecule has 0 atom stereocenters. The summed E-state index contributed by atoms with van der Waals surface area (Å²) in [6, 6.07) is 6.92. The number of nitrogens with zero attached hydrogens (tertiary/aromatic N) is 2. The third-order valence-electron chi connectivity index (χ3n) is 2.46. The zero-order valence-electron chi connectivity index (χ0n) is 9.76. The molecule has 2 N–H and O–H groups in total. The average molecular weight is 310 g/mol. The Morgan fingerprint density at radius 2 is 2.22 bits per heavy atom. The minimum atomic E-state index is -0.232. The summed E-state index contributed by atoms with van der Waals surface area (Å²) in [5.41, 5.74) is 6.53. The summed E-state index contributed by atoms with van der Waals surface area (Å²) < 4.78 is 7.39. The molecule has 1 aromatic carbocycles. The predicted molar refractivity (Wildman–Crippen MR) is 72.7 cm³/mol. The van der Waals surface area contributed by atoms with E-state index in [-0.39, 0.29) is 5.56 Å². The van der Waals surface area contributed by atoms with Gasteiger partial charge in [-0.3, -0.25) is 4.79 Å². The fraction of sp³-hybridized carbons (Fsp3) is 0.167. The molecule has 0 saturated carbocycles. The first-order valence-electron chi connectivity index (χ1n) is 5.25. The highest BCUT2D eigenvalue weighted by atomic mass is 79.9. The van der Waals surface area contributed by atoms with Crippen LogP contribution in [0.5, 0.6) is 5.75 Å². The third-order valence-corrected chi connectivity index (χ3v) is 3.24. The van der Waals surface area contributed by atoms with E-state index in [0.29, 0.717) is 12.2 Å². The number of ether oxygens (including phenoxy) is 1. The number of benzene rings is 1. The van der Waals surface area contributed by atoms with E-state index < -0.39 is 0 Å². The first-order valence-corrected chi connectivity index (χ1v) is 6.04. The van der Waals surface area contributed by atoms with Gasteiger partial charge in [0.05, 0.1) is 25.5 Å². The molecule has 2 aromatic rings. The Labute approximate surface area is 112 Å². The zero-order chi connectivity index (χ0) is 13.1. The maximum Gasteiger partial charge on any atom is 0.269 e. The molecular weight excluding hydrogens is 298 g/mol. The topological polar surface area (TPSA) is 70.1 Å². The van der Waals surface area contributed by atoms with Crippen molar-refractivity contribution < 1.29 is 4.74 Å². The number of nitrogen functional groups attached to an aromatic ring is 1. The minimum absolute atomic E-state index is 0.232. The fourth-order valence-corrected chi connectivity index (χ4v) is 1.90. The van der Waals surface area contributed by atoms with E-state index >= 15 is 0 Å². The van der Waals surface area contributed by atoms with Crippen molar-refractivity contribution >= 4 is 21.6 Å². The summed E-state index contributed by atoms with van der Waals surface area (Å²) in [5, 5.41) is 3.99. The number of halogens is 1. The average Bonchev–Trinajstić information content (AvgIpc) is 2.35. The molecule has 0 aliphatic carbocycles. The van der Waals surface area contributed by atoms with Crippen molar-refractivity contribution in [3.63, 3.8) is 0 Å². The van der Waals surface area contributed by atoms with Gasteiger partial charge in [0.1, 0.15) is 5.75 Å². The predicted octanol–water partition coefficient (Wildman–Crippen LogP) is 1.64. The lowest BCUT2D eigenvalue weighted by Crippen LogP contribution is -2.23. The van der Waals surface area contributed by atoms with Crippen LogP contribution in [0.4, 0.5) is 5.69 Å². The van der Waals surface area contributed by atoms with Gasteiger partial charge in [0.2, 0.25) is 0 Å². The summed E-state index contributed by atoms with van der Waals surface area (Å²) in [6.07, 6.45) is 1.45.